The molecule has 0 aromatic rings. The van der Waals surface area contributed by atoms with Crippen molar-refractivity contribution >= 4 is 0 Å². The fourth-order valence-corrected chi connectivity index (χ4v) is 1.53. The first kappa shape index (κ1) is 9.70. The van der Waals surface area contributed by atoms with Crippen LogP contribution in [-0.4, -0.2) is 6.54 Å². The predicted molar refractivity (Wildman–Crippen MR) is 46.9 cm³/mol. The molecule has 0 unspecified atom stereocenters. The summed E-state index contributed by atoms with van der Waals surface area (Å²) in [4.78, 5) is 0. The quantitative estimate of drug-likeness (QED) is 0.587. The van der Waals surface area contributed by atoms with Gasteiger partial charge in [0.25, 0.3) is 0 Å². The molecule has 0 aromatic carbocycles. The summed E-state index contributed by atoms with van der Waals surface area (Å²) in [5.74, 6) is 0.986. The predicted octanol–water partition coefficient (Wildman–Crippen LogP) is 2.33. The Labute approximate surface area is 64.3 Å². The monoisotopic (exact) mass is 141 g/mol. The van der Waals surface area contributed by atoms with E-state index in [1.807, 2.05) is 0 Å². The van der Waals surface area contributed by atoms with E-state index >= 15 is 0 Å². The standard InChI is InChI=1S/C7H15N.C2H4/c8-6-5-7-3-1-2-4-7;1-2/h7H,1-6,8H2;1-2H2. The normalized spacial score (nSPS) is 18.1. The molecule has 0 atom stereocenters. The Morgan fingerprint density at radius 1 is 1.20 bits per heavy atom. The van der Waals surface area contributed by atoms with Crippen molar-refractivity contribution in [2.45, 2.75) is 32.1 Å². The number of nitrogens with two attached hydrogens (primary N) is 1. The first-order valence-electron chi connectivity index (χ1n) is 4.13. The van der Waals surface area contributed by atoms with Gasteiger partial charge in [-0.05, 0) is 18.9 Å². The molecule has 0 saturated heterocycles. The van der Waals surface area contributed by atoms with Crippen LogP contribution in [0.25, 0.3) is 0 Å². The summed E-state index contributed by atoms with van der Waals surface area (Å²) in [6, 6.07) is 0. The highest BCUT2D eigenvalue weighted by atomic mass is 14.5. The minimum atomic E-state index is 0.894. The first-order valence-corrected chi connectivity index (χ1v) is 4.13. The van der Waals surface area contributed by atoms with Crippen LogP contribution in [0.1, 0.15) is 32.1 Å². The van der Waals surface area contributed by atoms with Gasteiger partial charge in [0.2, 0.25) is 0 Å². The SMILES string of the molecule is C=C.NCCC1CCCC1. The Balaban J connectivity index is 0.000000371. The van der Waals surface area contributed by atoms with E-state index in [2.05, 4.69) is 13.2 Å². The van der Waals surface area contributed by atoms with Crippen molar-refractivity contribution in [3.63, 3.8) is 0 Å². The van der Waals surface area contributed by atoms with Crippen molar-refractivity contribution in [1.29, 1.82) is 0 Å². The van der Waals surface area contributed by atoms with Crippen molar-refractivity contribution < 1.29 is 0 Å². The average Bonchev–Trinajstić information content (AvgIpc) is 2.46. The highest BCUT2D eigenvalue weighted by molar-refractivity contribution is 4.66. The molecule has 0 spiro atoms. The van der Waals surface area contributed by atoms with Crippen LogP contribution in [0, 0.1) is 5.92 Å². The lowest BCUT2D eigenvalue weighted by atomic mass is 10.1. The molecule has 1 fully saturated rings. The van der Waals surface area contributed by atoms with Gasteiger partial charge in [-0.3, -0.25) is 0 Å². The zero-order chi connectivity index (χ0) is 7.82. The van der Waals surface area contributed by atoms with E-state index in [-0.39, 0.29) is 0 Å². The topological polar surface area (TPSA) is 26.0 Å². The van der Waals surface area contributed by atoms with Crippen molar-refractivity contribution in [2.24, 2.45) is 11.7 Å². The first-order chi connectivity index (χ1) is 4.93. The Morgan fingerprint density at radius 3 is 2.10 bits per heavy atom. The molecule has 60 valence electrons. The Bertz CT molecular complexity index is 65.1. The van der Waals surface area contributed by atoms with E-state index in [1.165, 1.54) is 32.1 Å². The zero-order valence-corrected chi connectivity index (χ0v) is 6.81. The van der Waals surface area contributed by atoms with Gasteiger partial charge < -0.3 is 5.73 Å². The van der Waals surface area contributed by atoms with Crippen molar-refractivity contribution in [2.75, 3.05) is 6.54 Å². The molecule has 1 rings (SSSR count). The lowest BCUT2D eigenvalue weighted by molar-refractivity contribution is 0.511. The molecule has 0 heterocycles. The molecule has 0 bridgehead atoms. The number of hydrogen-bond acceptors (Lipinski definition) is 1. The van der Waals surface area contributed by atoms with Crippen LogP contribution >= 0.6 is 0 Å². The second-order valence-corrected chi connectivity index (χ2v) is 2.73. The van der Waals surface area contributed by atoms with E-state index < -0.39 is 0 Å². The zero-order valence-electron chi connectivity index (χ0n) is 6.81. The molecule has 2 N–H and O–H groups in total. The Hall–Kier alpha value is -0.300. The van der Waals surface area contributed by atoms with Gasteiger partial charge in [-0.15, -0.1) is 13.2 Å². The van der Waals surface area contributed by atoms with Crippen LogP contribution < -0.4 is 5.73 Å². The van der Waals surface area contributed by atoms with Gasteiger partial charge in [0.1, 0.15) is 0 Å². The van der Waals surface area contributed by atoms with Gasteiger partial charge in [-0.25, -0.2) is 0 Å². The molecule has 1 nitrogen and oxygen atoms in total. The van der Waals surface area contributed by atoms with Gasteiger partial charge in [-0.1, -0.05) is 25.7 Å². The third-order valence-corrected chi connectivity index (χ3v) is 2.05. The van der Waals surface area contributed by atoms with E-state index in [9.17, 15) is 0 Å². The number of hydrogen-bond donors (Lipinski definition) is 1. The van der Waals surface area contributed by atoms with Crippen molar-refractivity contribution in [3.05, 3.63) is 13.2 Å². The molecule has 0 aromatic heterocycles. The van der Waals surface area contributed by atoms with Gasteiger partial charge in [0, 0.05) is 0 Å². The molecule has 1 heteroatoms. The molecule has 0 radical (unpaired) electrons. The van der Waals surface area contributed by atoms with Crippen LogP contribution in [0.4, 0.5) is 0 Å². The highest BCUT2D eigenvalue weighted by Gasteiger charge is 2.12. The minimum Gasteiger partial charge on any atom is -0.330 e. The van der Waals surface area contributed by atoms with Crippen LogP contribution in [0.3, 0.4) is 0 Å². The fourth-order valence-electron chi connectivity index (χ4n) is 1.53. The second-order valence-electron chi connectivity index (χ2n) is 2.73. The van der Waals surface area contributed by atoms with Crippen molar-refractivity contribution in [1.82, 2.24) is 0 Å². The second kappa shape index (κ2) is 6.81. The molecule has 0 aliphatic heterocycles. The maximum atomic E-state index is 5.41. The van der Waals surface area contributed by atoms with E-state index in [4.69, 9.17) is 5.73 Å². The van der Waals surface area contributed by atoms with Gasteiger partial charge in [0.15, 0.2) is 0 Å². The molecular formula is C9H19N. The van der Waals surface area contributed by atoms with E-state index in [0.717, 1.165) is 12.5 Å². The summed E-state index contributed by atoms with van der Waals surface area (Å²) >= 11 is 0. The van der Waals surface area contributed by atoms with Gasteiger partial charge >= 0.3 is 0 Å². The summed E-state index contributed by atoms with van der Waals surface area (Å²) in [5, 5.41) is 0. The highest BCUT2D eigenvalue weighted by Crippen LogP contribution is 2.26. The molecule has 10 heavy (non-hydrogen) atoms. The van der Waals surface area contributed by atoms with Crippen LogP contribution in [0.15, 0.2) is 13.2 Å². The van der Waals surface area contributed by atoms with Crippen LogP contribution in [0.2, 0.25) is 0 Å². The summed E-state index contributed by atoms with van der Waals surface area (Å²) < 4.78 is 0. The van der Waals surface area contributed by atoms with E-state index in [0.29, 0.717) is 0 Å². The molecule has 0 amide bonds. The summed E-state index contributed by atoms with van der Waals surface area (Å²) in [6.45, 7) is 6.89. The van der Waals surface area contributed by atoms with Crippen LogP contribution in [0.5, 0.6) is 0 Å². The fraction of sp³-hybridized carbons (Fsp3) is 0.778. The largest absolute Gasteiger partial charge is 0.330 e. The minimum absolute atomic E-state index is 0.894. The Morgan fingerprint density at radius 2 is 1.70 bits per heavy atom. The average molecular weight is 141 g/mol. The van der Waals surface area contributed by atoms with Crippen LogP contribution in [-0.2, 0) is 0 Å². The van der Waals surface area contributed by atoms with Gasteiger partial charge in [0.05, 0.1) is 0 Å². The molecular weight excluding hydrogens is 122 g/mol. The van der Waals surface area contributed by atoms with Crippen molar-refractivity contribution in [3.8, 4) is 0 Å². The summed E-state index contributed by atoms with van der Waals surface area (Å²) in [7, 11) is 0. The third-order valence-electron chi connectivity index (χ3n) is 2.05. The lowest BCUT2D eigenvalue weighted by Crippen LogP contribution is -2.04. The smallest absolute Gasteiger partial charge is 0.00746 e. The molecule has 1 saturated carbocycles. The maximum absolute atomic E-state index is 5.41. The van der Waals surface area contributed by atoms with E-state index in [1.54, 1.807) is 0 Å². The molecule has 1 aliphatic carbocycles. The maximum Gasteiger partial charge on any atom is -0.00746 e. The number of rotatable bonds is 2. The summed E-state index contributed by atoms with van der Waals surface area (Å²) in [5.41, 5.74) is 5.41. The molecule has 1 aliphatic rings. The third kappa shape index (κ3) is 3.67. The van der Waals surface area contributed by atoms with Gasteiger partial charge in [-0.2, -0.15) is 0 Å². The summed E-state index contributed by atoms with van der Waals surface area (Å²) in [6.07, 6.45) is 7.05. The lowest BCUT2D eigenvalue weighted by Gasteiger charge is -2.03. The Kier molecular flexibility index (Phi) is 6.61.